The van der Waals surface area contributed by atoms with Crippen LogP contribution in [0.4, 0.5) is 4.79 Å². The maximum absolute atomic E-state index is 12.1. The predicted octanol–water partition coefficient (Wildman–Crippen LogP) is 1.11. The van der Waals surface area contributed by atoms with Gasteiger partial charge in [-0.3, -0.25) is 0 Å². The van der Waals surface area contributed by atoms with Crippen LogP contribution in [0.15, 0.2) is 0 Å². The summed E-state index contributed by atoms with van der Waals surface area (Å²) >= 11 is 1.47. The summed E-state index contributed by atoms with van der Waals surface area (Å²) < 4.78 is 5.60. The Bertz CT molecular complexity index is 375. The van der Waals surface area contributed by atoms with E-state index in [0.29, 0.717) is 18.2 Å². The lowest BCUT2D eigenvalue weighted by atomic mass is 9.94. The van der Waals surface area contributed by atoms with Gasteiger partial charge in [-0.25, -0.2) is 9.59 Å². The molecule has 0 spiro atoms. The zero-order valence-electron chi connectivity index (χ0n) is 11.2. The van der Waals surface area contributed by atoms with Crippen molar-refractivity contribution in [3.05, 3.63) is 0 Å². The highest BCUT2D eigenvalue weighted by atomic mass is 32.2. The van der Waals surface area contributed by atoms with Crippen molar-refractivity contribution in [2.45, 2.75) is 44.4 Å². The molecule has 0 aromatic carbocycles. The molecule has 0 saturated carbocycles. The SMILES string of the molecule is CC1(C)CC(NC(=O)N2CSC[C@H]2C(=O)O)CCO1. The summed E-state index contributed by atoms with van der Waals surface area (Å²) in [5, 5.41) is 12.0. The summed E-state index contributed by atoms with van der Waals surface area (Å²) in [6, 6.07) is -0.936. The van der Waals surface area contributed by atoms with Crippen LogP contribution in [-0.4, -0.2) is 57.9 Å². The predicted molar refractivity (Wildman–Crippen MR) is 72.2 cm³/mol. The van der Waals surface area contributed by atoms with E-state index in [1.165, 1.54) is 16.7 Å². The van der Waals surface area contributed by atoms with E-state index in [4.69, 9.17) is 9.84 Å². The summed E-state index contributed by atoms with van der Waals surface area (Å²) in [6.07, 6.45) is 1.52. The number of nitrogens with one attached hydrogen (secondary N) is 1. The Labute approximate surface area is 116 Å². The fourth-order valence-corrected chi connectivity index (χ4v) is 3.61. The van der Waals surface area contributed by atoms with E-state index in [2.05, 4.69) is 5.32 Å². The van der Waals surface area contributed by atoms with Gasteiger partial charge in [0.2, 0.25) is 0 Å². The lowest BCUT2D eigenvalue weighted by Gasteiger charge is -2.36. The van der Waals surface area contributed by atoms with Crippen molar-refractivity contribution in [2.24, 2.45) is 0 Å². The number of hydrogen-bond acceptors (Lipinski definition) is 4. The third kappa shape index (κ3) is 3.54. The molecule has 0 aromatic heterocycles. The summed E-state index contributed by atoms with van der Waals surface area (Å²) in [5.41, 5.74) is -0.234. The second-order valence-corrected chi connectivity index (χ2v) is 6.57. The highest BCUT2D eigenvalue weighted by Gasteiger charge is 2.36. The Morgan fingerprint density at radius 3 is 2.84 bits per heavy atom. The Balaban J connectivity index is 1.92. The van der Waals surface area contributed by atoms with E-state index in [-0.39, 0.29) is 17.7 Å². The van der Waals surface area contributed by atoms with Crippen LogP contribution >= 0.6 is 11.8 Å². The molecule has 2 rings (SSSR count). The molecule has 2 aliphatic heterocycles. The molecule has 0 bridgehead atoms. The smallest absolute Gasteiger partial charge is 0.327 e. The van der Waals surface area contributed by atoms with Gasteiger partial charge in [0.05, 0.1) is 11.5 Å². The molecule has 2 heterocycles. The summed E-state index contributed by atoms with van der Waals surface area (Å²) in [7, 11) is 0. The normalized spacial score (nSPS) is 30.1. The monoisotopic (exact) mass is 288 g/mol. The molecule has 6 nitrogen and oxygen atoms in total. The maximum Gasteiger partial charge on any atom is 0.327 e. The molecule has 2 atom stereocenters. The Morgan fingerprint density at radius 2 is 2.21 bits per heavy atom. The maximum atomic E-state index is 12.1. The van der Waals surface area contributed by atoms with Crippen LogP contribution in [0.25, 0.3) is 0 Å². The zero-order chi connectivity index (χ0) is 14.0. The third-order valence-corrected chi connectivity index (χ3v) is 4.47. The van der Waals surface area contributed by atoms with E-state index in [9.17, 15) is 9.59 Å². The van der Waals surface area contributed by atoms with Crippen LogP contribution in [-0.2, 0) is 9.53 Å². The number of carbonyl (C=O) groups is 2. The van der Waals surface area contributed by atoms with E-state index >= 15 is 0 Å². The van der Waals surface area contributed by atoms with Gasteiger partial charge in [0, 0.05) is 18.4 Å². The molecule has 7 heteroatoms. The molecular formula is C12H20N2O4S. The number of rotatable bonds is 2. The van der Waals surface area contributed by atoms with E-state index < -0.39 is 12.0 Å². The van der Waals surface area contributed by atoms with Crippen molar-refractivity contribution >= 4 is 23.8 Å². The summed E-state index contributed by atoms with van der Waals surface area (Å²) in [4.78, 5) is 24.6. The second-order valence-electron chi connectivity index (χ2n) is 5.57. The lowest BCUT2D eigenvalue weighted by molar-refractivity contribution is -0.140. The Kier molecular flexibility index (Phi) is 4.25. The number of ether oxygens (including phenoxy) is 1. The fourth-order valence-electron chi connectivity index (χ4n) is 2.46. The van der Waals surface area contributed by atoms with Crippen LogP contribution in [0.2, 0.25) is 0 Å². The summed E-state index contributed by atoms with van der Waals surface area (Å²) in [6.45, 7) is 4.61. The first kappa shape index (κ1) is 14.5. The third-order valence-electron chi connectivity index (χ3n) is 3.45. The van der Waals surface area contributed by atoms with Crippen molar-refractivity contribution < 1.29 is 19.4 Å². The first-order valence-corrected chi connectivity index (χ1v) is 7.56. The molecule has 1 unspecified atom stereocenters. The summed E-state index contributed by atoms with van der Waals surface area (Å²) in [5.74, 6) is -0.0373. The Hall–Kier alpha value is -0.950. The number of aliphatic carboxylic acids is 1. The average molecular weight is 288 g/mol. The number of amides is 2. The first-order valence-electron chi connectivity index (χ1n) is 6.41. The molecule has 2 saturated heterocycles. The van der Waals surface area contributed by atoms with Crippen LogP contribution in [0.1, 0.15) is 26.7 Å². The van der Waals surface area contributed by atoms with E-state index in [1.807, 2.05) is 13.8 Å². The molecule has 0 aliphatic carbocycles. The van der Waals surface area contributed by atoms with Crippen molar-refractivity contribution in [3.8, 4) is 0 Å². The topological polar surface area (TPSA) is 78.9 Å². The van der Waals surface area contributed by atoms with Gasteiger partial charge in [0.1, 0.15) is 6.04 Å². The van der Waals surface area contributed by atoms with Gasteiger partial charge in [-0.2, -0.15) is 0 Å². The number of nitrogens with zero attached hydrogens (tertiary/aromatic N) is 1. The minimum atomic E-state index is -0.938. The van der Waals surface area contributed by atoms with Gasteiger partial charge >= 0.3 is 12.0 Å². The van der Waals surface area contributed by atoms with Crippen LogP contribution in [0.5, 0.6) is 0 Å². The number of carboxylic acids is 1. The van der Waals surface area contributed by atoms with Gasteiger partial charge in [-0.15, -0.1) is 11.8 Å². The van der Waals surface area contributed by atoms with E-state index in [1.54, 1.807) is 0 Å². The molecule has 19 heavy (non-hydrogen) atoms. The highest BCUT2D eigenvalue weighted by Crippen LogP contribution is 2.25. The second kappa shape index (κ2) is 5.58. The molecule has 108 valence electrons. The lowest BCUT2D eigenvalue weighted by Crippen LogP contribution is -2.52. The highest BCUT2D eigenvalue weighted by molar-refractivity contribution is 7.99. The zero-order valence-corrected chi connectivity index (χ0v) is 12.0. The minimum absolute atomic E-state index is 0.0521. The van der Waals surface area contributed by atoms with Crippen LogP contribution < -0.4 is 5.32 Å². The molecule has 0 aromatic rings. The number of carboxylic acid groups (broad SMARTS) is 1. The number of urea groups is 1. The fraction of sp³-hybridized carbons (Fsp3) is 0.833. The molecular weight excluding hydrogens is 268 g/mol. The molecule has 2 fully saturated rings. The standard InChI is InChI=1S/C12H20N2O4S/c1-12(2)5-8(3-4-18-12)13-11(17)14-7-19-6-9(14)10(15)16/h8-9H,3-7H2,1-2H3,(H,13,17)(H,15,16)/t8?,9-/m0/s1. The number of carbonyl (C=O) groups excluding carboxylic acids is 1. The van der Waals surface area contributed by atoms with Gasteiger partial charge in [0.25, 0.3) is 0 Å². The van der Waals surface area contributed by atoms with Crippen LogP contribution in [0.3, 0.4) is 0 Å². The quantitative estimate of drug-likeness (QED) is 0.796. The van der Waals surface area contributed by atoms with E-state index in [0.717, 1.165) is 12.8 Å². The van der Waals surface area contributed by atoms with Gasteiger partial charge in [-0.1, -0.05) is 0 Å². The largest absolute Gasteiger partial charge is 0.480 e. The van der Waals surface area contributed by atoms with Crippen molar-refractivity contribution in [1.82, 2.24) is 10.2 Å². The first-order chi connectivity index (χ1) is 8.89. The minimum Gasteiger partial charge on any atom is -0.480 e. The number of thioether (sulfide) groups is 1. The average Bonchev–Trinajstić information content (AvgIpc) is 2.76. The van der Waals surface area contributed by atoms with Crippen molar-refractivity contribution in [3.63, 3.8) is 0 Å². The van der Waals surface area contributed by atoms with Gasteiger partial charge in [-0.05, 0) is 26.7 Å². The molecule has 2 N–H and O–H groups in total. The van der Waals surface area contributed by atoms with Crippen LogP contribution in [0, 0.1) is 0 Å². The molecule has 2 aliphatic rings. The Morgan fingerprint density at radius 1 is 1.47 bits per heavy atom. The molecule has 2 amide bonds. The number of hydrogen-bond donors (Lipinski definition) is 2. The molecule has 0 radical (unpaired) electrons. The van der Waals surface area contributed by atoms with Crippen molar-refractivity contribution in [2.75, 3.05) is 18.2 Å². The van der Waals surface area contributed by atoms with Gasteiger partial charge < -0.3 is 20.1 Å². The van der Waals surface area contributed by atoms with Gasteiger partial charge in [0.15, 0.2) is 0 Å². The van der Waals surface area contributed by atoms with Crippen molar-refractivity contribution in [1.29, 1.82) is 0 Å².